The van der Waals surface area contributed by atoms with Crippen LogP contribution in [0.1, 0.15) is 60.2 Å². The van der Waals surface area contributed by atoms with Gasteiger partial charge >= 0.3 is 11.9 Å². The molecule has 8 heteroatoms. The van der Waals surface area contributed by atoms with Gasteiger partial charge in [0, 0.05) is 36.0 Å². The molecule has 2 aromatic rings. The molecule has 1 N–H and O–H groups in total. The van der Waals surface area contributed by atoms with Gasteiger partial charge in [0.2, 0.25) is 0 Å². The summed E-state index contributed by atoms with van der Waals surface area (Å²) in [6.45, 7) is 4.58. The predicted octanol–water partition coefficient (Wildman–Crippen LogP) is 4.53. The number of fused-ring (bicyclic) bond motifs is 3. The Labute approximate surface area is 222 Å². The van der Waals surface area contributed by atoms with Gasteiger partial charge in [0.1, 0.15) is 12.3 Å². The third-order valence-corrected chi connectivity index (χ3v) is 9.77. The summed E-state index contributed by atoms with van der Waals surface area (Å²) in [6.07, 6.45) is 6.68. The average Bonchev–Trinajstić information content (AvgIpc) is 3.67. The van der Waals surface area contributed by atoms with E-state index in [1.807, 2.05) is 17.5 Å². The lowest BCUT2D eigenvalue weighted by Gasteiger charge is -2.52. The summed E-state index contributed by atoms with van der Waals surface area (Å²) < 4.78 is 17.8. The van der Waals surface area contributed by atoms with E-state index in [2.05, 4.69) is 0 Å². The van der Waals surface area contributed by atoms with E-state index < -0.39 is 11.6 Å². The van der Waals surface area contributed by atoms with Crippen LogP contribution in [0.3, 0.4) is 0 Å². The van der Waals surface area contributed by atoms with Crippen LogP contribution in [-0.2, 0) is 19.9 Å². The zero-order valence-electron chi connectivity index (χ0n) is 21.6. The highest BCUT2D eigenvalue weighted by atomic mass is 32.1. The second-order valence-electron chi connectivity index (χ2n) is 10.9. The molecule has 1 aliphatic carbocycles. The van der Waals surface area contributed by atoms with Crippen molar-refractivity contribution in [3.63, 3.8) is 0 Å². The van der Waals surface area contributed by atoms with E-state index in [1.165, 1.54) is 18.4 Å². The molecule has 0 amide bonds. The molecule has 1 saturated carbocycles. The number of carbonyl (C=O) groups excluding carboxylic acids is 2. The highest BCUT2D eigenvalue weighted by Gasteiger charge is 2.53. The molecule has 2 bridgehead atoms. The summed E-state index contributed by atoms with van der Waals surface area (Å²) in [5, 5.41) is 13.7. The van der Waals surface area contributed by atoms with Gasteiger partial charge in [-0.05, 0) is 48.6 Å². The van der Waals surface area contributed by atoms with Gasteiger partial charge in [-0.2, -0.15) is 0 Å². The summed E-state index contributed by atoms with van der Waals surface area (Å²) >= 11 is 1.45. The number of quaternary nitrogens is 1. The van der Waals surface area contributed by atoms with Gasteiger partial charge in [0.05, 0.1) is 38.9 Å². The number of methoxy groups -OCH3 is 1. The minimum absolute atomic E-state index is 0.0679. The molecule has 3 saturated heterocycles. The lowest BCUT2D eigenvalue weighted by molar-refractivity contribution is -0.946. The van der Waals surface area contributed by atoms with E-state index in [4.69, 9.17) is 14.2 Å². The smallest absolute Gasteiger partial charge is 0.344 e. The third kappa shape index (κ3) is 5.42. The van der Waals surface area contributed by atoms with Crippen LogP contribution in [0.2, 0.25) is 0 Å². The van der Waals surface area contributed by atoms with Crippen LogP contribution in [0.15, 0.2) is 41.8 Å². The van der Waals surface area contributed by atoms with Crippen molar-refractivity contribution < 1.29 is 33.4 Å². The van der Waals surface area contributed by atoms with Crippen LogP contribution < -0.4 is 4.74 Å². The number of piperidine rings is 3. The maximum absolute atomic E-state index is 13.6. The maximum Gasteiger partial charge on any atom is 0.344 e. The first-order valence-electron chi connectivity index (χ1n) is 13.6. The second kappa shape index (κ2) is 11.1. The van der Waals surface area contributed by atoms with Crippen molar-refractivity contribution in [1.29, 1.82) is 0 Å². The number of nitrogens with zero attached hydrogens (tertiary/aromatic N) is 1. The Hall–Kier alpha value is -2.42. The molecule has 4 fully saturated rings. The first-order valence-corrected chi connectivity index (χ1v) is 14.5. The number of benzene rings is 1. The average molecular weight is 529 g/mol. The van der Waals surface area contributed by atoms with E-state index in [9.17, 15) is 14.7 Å². The van der Waals surface area contributed by atoms with Gasteiger partial charge in [-0.3, -0.25) is 0 Å². The quantitative estimate of drug-likeness (QED) is 0.277. The molecule has 0 unspecified atom stereocenters. The highest BCUT2D eigenvalue weighted by molar-refractivity contribution is 7.10. The van der Waals surface area contributed by atoms with Gasteiger partial charge in [0.15, 0.2) is 11.7 Å². The summed E-state index contributed by atoms with van der Waals surface area (Å²) in [7, 11) is 1.37. The fourth-order valence-corrected chi connectivity index (χ4v) is 7.49. The van der Waals surface area contributed by atoms with E-state index in [-0.39, 0.29) is 18.0 Å². The van der Waals surface area contributed by atoms with E-state index >= 15 is 0 Å². The summed E-state index contributed by atoms with van der Waals surface area (Å²) in [5.74, 6) is 0.239. The molecule has 7 nitrogen and oxygen atoms in total. The van der Waals surface area contributed by atoms with Crippen LogP contribution in [0.5, 0.6) is 5.75 Å². The van der Waals surface area contributed by atoms with Crippen LogP contribution >= 0.6 is 11.3 Å². The van der Waals surface area contributed by atoms with E-state index in [0.717, 1.165) is 81.4 Å². The molecule has 6 rings (SSSR count). The molecule has 4 aliphatic rings. The number of hydrogen-bond acceptors (Lipinski definition) is 7. The lowest BCUT2D eigenvalue weighted by atomic mass is 9.82. The number of ether oxygens (including phenoxy) is 3. The Kier molecular flexibility index (Phi) is 7.88. The minimum Gasteiger partial charge on any atom is -0.493 e. The Morgan fingerprint density at radius 1 is 1.08 bits per heavy atom. The molecule has 0 spiro atoms. The van der Waals surface area contributed by atoms with Crippen molar-refractivity contribution in [2.24, 2.45) is 11.8 Å². The lowest BCUT2D eigenvalue weighted by Crippen LogP contribution is -2.65. The summed E-state index contributed by atoms with van der Waals surface area (Å²) in [6, 6.07) is 10.8. The Morgan fingerprint density at radius 3 is 2.46 bits per heavy atom. The number of aliphatic hydroxyl groups is 1. The van der Waals surface area contributed by atoms with Crippen LogP contribution in [0.25, 0.3) is 0 Å². The first kappa shape index (κ1) is 26.2. The monoisotopic (exact) mass is 528 g/mol. The van der Waals surface area contributed by atoms with Gasteiger partial charge in [-0.15, -0.1) is 11.3 Å². The van der Waals surface area contributed by atoms with Crippen LogP contribution in [0.4, 0.5) is 0 Å². The van der Waals surface area contributed by atoms with Crippen molar-refractivity contribution in [1.82, 2.24) is 0 Å². The number of hydrogen-bond donors (Lipinski definition) is 1. The van der Waals surface area contributed by atoms with Gasteiger partial charge in [-0.25, -0.2) is 9.59 Å². The van der Waals surface area contributed by atoms with Crippen molar-refractivity contribution >= 4 is 23.3 Å². The van der Waals surface area contributed by atoms with Crippen LogP contribution in [-0.4, -0.2) is 67.5 Å². The molecule has 1 aromatic carbocycles. The fourth-order valence-electron chi connectivity index (χ4n) is 6.60. The first-order chi connectivity index (χ1) is 17.9. The summed E-state index contributed by atoms with van der Waals surface area (Å²) in [5.41, 5.74) is -1.03. The highest BCUT2D eigenvalue weighted by Crippen LogP contribution is 2.44. The standard InChI is InChI=1S/C29H38NO6S/c1-34-27(31)22-9-11-24(12-10-22)35-18-5-15-30-16-13-21(14-17-30)25(20-30)36-28(32)29(33,23-6-2-3-7-23)26-8-4-19-37-26/h4,8-12,19,21,23,25,33H,2-3,5-7,13-18,20H2,1H3/q+1/t21?,25-,29-,30?/m1/s1. The zero-order chi connectivity index (χ0) is 25.9. The largest absolute Gasteiger partial charge is 0.493 e. The molecular weight excluding hydrogens is 490 g/mol. The molecule has 1 aromatic heterocycles. The number of thiophene rings is 1. The van der Waals surface area contributed by atoms with E-state index in [0.29, 0.717) is 23.0 Å². The molecule has 200 valence electrons. The summed E-state index contributed by atoms with van der Waals surface area (Å²) in [4.78, 5) is 25.9. The normalized spacial score (nSPS) is 27.0. The van der Waals surface area contributed by atoms with Crippen molar-refractivity contribution in [2.45, 2.75) is 56.7 Å². The Morgan fingerprint density at radius 2 is 1.81 bits per heavy atom. The molecule has 3 aliphatic heterocycles. The number of esters is 2. The van der Waals surface area contributed by atoms with Gasteiger partial charge < -0.3 is 23.8 Å². The predicted molar refractivity (Wildman–Crippen MR) is 140 cm³/mol. The topological polar surface area (TPSA) is 82.1 Å². The molecule has 37 heavy (non-hydrogen) atoms. The molecule has 0 radical (unpaired) electrons. The van der Waals surface area contributed by atoms with Gasteiger partial charge in [0.25, 0.3) is 0 Å². The molecule has 2 atom stereocenters. The molecular formula is C29H38NO6S+. The minimum atomic E-state index is -1.53. The van der Waals surface area contributed by atoms with Crippen molar-refractivity contribution in [3.05, 3.63) is 52.2 Å². The van der Waals surface area contributed by atoms with Crippen LogP contribution in [0, 0.1) is 11.8 Å². The third-order valence-electron chi connectivity index (χ3n) is 8.77. The van der Waals surface area contributed by atoms with Gasteiger partial charge in [-0.1, -0.05) is 18.9 Å². The Bertz CT molecular complexity index is 1060. The second-order valence-corrected chi connectivity index (χ2v) is 11.9. The van der Waals surface area contributed by atoms with Crippen molar-refractivity contribution in [3.8, 4) is 5.75 Å². The Balaban J connectivity index is 1.17. The zero-order valence-corrected chi connectivity index (χ0v) is 22.4. The molecule has 4 heterocycles. The van der Waals surface area contributed by atoms with Crippen molar-refractivity contribution in [2.75, 3.05) is 39.9 Å². The number of carbonyl (C=O) groups is 2. The van der Waals surface area contributed by atoms with E-state index in [1.54, 1.807) is 24.3 Å². The SMILES string of the molecule is COC(=O)c1ccc(OCCC[N+]23CCC(CC2)[C@H](OC(=O)[C@](O)(c2cccs2)C2CCCC2)C3)cc1. The fraction of sp³-hybridized carbons (Fsp3) is 0.586. The maximum atomic E-state index is 13.6. The number of rotatable bonds is 10.